The second-order valence-corrected chi connectivity index (χ2v) is 6.83. The lowest BCUT2D eigenvalue weighted by molar-refractivity contribution is -1.00. The van der Waals surface area contributed by atoms with Crippen LogP contribution < -0.4 is 9.80 Å². The Morgan fingerprint density at radius 1 is 1.32 bits per heavy atom. The summed E-state index contributed by atoms with van der Waals surface area (Å²) in [6.45, 7) is 4.76. The van der Waals surface area contributed by atoms with E-state index in [4.69, 9.17) is 0 Å². The lowest BCUT2D eigenvalue weighted by Gasteiger charge is -2.27. The monoisotopic (exact) mass is 316 g/mol. The average molecular weight is 316 g/mol. The highest BCUT2D eigenvalue weighted by atomic mass is 32.1. The van der Waals surface area contributed by atoms with E-state index in [0.29, 0.717) is 17.1 Å². The fourth-order valence-electron chi connectivity index (χ4n) is 2.75. The van der Waals surface area contributed by atoms with Crippen molar-refractivity contribution in [3.05, 3.63) is 35.0 Å². The van der Waals surface area contributed by atoms with Gasteiger partial charge in [-0.3, -0.25) is 0 Å². The van der Waals surface area contributed by atoms with Crippen molar-refractivity contribution in [3.8, 4) is 6.07 Å². The molecular formula is C16H20N4OS+2. The maximum atomic E-state index is 10.4. The van der Waals surface area contributed by atoms with E-state index < -0.39 is 0 Å². The predicted octanol–water partition coefficient (Wildman–Crippen LogP) is -0.498. The summed E-state index contributed by atoms with van der Waals surface area (Å²) in [7, 11) is 2.19. The molecule has 1 saturated heterocycles. The van der Waals surface area contributed by atoms with E-state index in [2.05, 4.69) is 18.1 Å². The number of piperazine rings is 1. The van der Waals surface area contributed by atoms with Crippen molar-refractivity contribution >= 4 is 27.1 Å². The number of nitrogens with zero attached hydrogens (tertiary/aromatic N) is 2. The van der Waals surface area contributed by atoms with E-state index in [1.807, 2.05) is 24.3 Å². The van der Waals surface area contributed by atoms with Crippen LogP contribution in [-0.4, -0.2) is 49.9 Å². The zero-order chi connectivity index (χ0) is 15.5. The highest BCUT2D eigenvalue weighted by Crippen LogP contribution is 2.27. The number of hydrogen-bond acceptors (Lipinski definition) is 4. The minimum Gasteiger partial charge on any atom is -0.506 e. The van der Waals surface area contributed by atoms with E-state index >= 15 is 0 Å². The first-order valence-corrected chi connectivity index (χ1v) is 8.32. The van der Waals surface area contributed by atoms with Crippen molar-refractivity contribution < 1.29 is 14.9 Å². The van der Waals surface area contributed by atoms with Crippen LogP contribution in [0.2, 0.25) is 0 Å². The van der Waals surface area contributed by atoms with E-state index in [0.717, 1.165) is 36.4 Å². The minimum atomic E-state index is 0.163. The molecule has 114 valence electrons. The highest BCUT2D eigenvalue weighted by Gasteiger charge is 2.23. The van der Waals surface area contributed by atoms with Gasteiger partial charge in [0.2, 0.25) is 0 Å². The first kappa shape index (κ1) is 15.0. The van der Waals surface area contributed by atoms with Gasteiger partial charge in [-0.05, 0) is 12.1 Å². The summed E-state index contributed by atoms with van der Waals surface area (Å²) in [6.07, 6.45) is 0. The quantitative estimate of drug-likeness (QED) is 0.528. The molecule has 0 radical (unpaired) electrons. The number of hydrogen-bond donors (Lipinski definition) is 3. The zero-order valence-corrected chi connectivity index (χ0v) is 13.4. The van der Waals surface area contributed by atoms with E-state index in [-0.39, 0.29) is 5.76 Å². The summed E-state index contributed by atoms with van der Waals surface area (Å²) in [5, 5.41) is 20.4. The van der Waals surface area contributed by atoms with E-state index in [1.165, 1.54) is 21.1 Å². The van der Waals surface area contributed by atoms with Gasteiger partial charge in [-0.1, -0.05) is 12.1 Å². The van der Waals surface area contributed by atoms with Gasteiger partial charge in [0.15, 0.2) is 5.76 Å². The molecule has 0 saturated carbocycles. The van der Waals surface area contributed by atoms with Gasteiger partial charge in [0, 0.05) is 0 Å². The van der Waals surface area contributed by atoms with Gasteiger partial charge in [-0.15, -0.1) is 11.3 Å². The predicted molar refractivity (Wildman–Crippen MR) is 87.0 cm³/mol. The number of likely N-dealkylation sites (N-methyl/N-ethyl adjacent to an activating group) is 1. The molecule has 2 heterocycles. The number of rotatable bonds is 3. The molecule has 6 heteroatoms. The molecule has 1 aliphatic rings. The van der Waals surface area contributed by atoms with Gasteiger partial charge in [0.1, 0.15) is 49.4 Å². The maximum Gasteiger partial charge on any atom is 0.168 e. The Morgan fingerprint density at radius 3 is 2.73 bits per heavy atom. The second kappa shape index (κ2) is 6.44. The molecule has 5 nitrogen and oxygen atoms in total. The van der Waals surface area contributed by atoms with Crippen LogP contribution in [0.25, 0.3) is 15.8 Å². The zero-order valence-electron chi connectivity index (χ0n) is 12.6. The average Bonchev–Trinajstić information content (AvgIpc) is 2.94. The third kappa shape index (κ3) is 3.12. The van der Waals surface area contributed by atoms with Crippen LogP contribution in [0.3, 0.4) is 0 Å². The van der Waals surface area contributed by atoms with Gasteiger partial charge in [-0.2, -0.15) is 5.26 Å². The van der Waals surface area contributed by atoms with Crippen molar-refractivity contribution in [1.29, 1.82) is 5.26 Å². The number of nitriles is 1. The van der Waals surface area contributed by atoms with E-state index in [1.54, 1.807) is 0 Å². The molecule has 1 fully saturated rings. The fraction of sp³-hybridized carbons (Fsp3) is 0.375. The number of nitrogens with one attached hydrogen (secondary N) is 2. The molecule has 0 bridgehead atoms. The molecule has 3 rings (SSSR count). The van der Waals surface area contributed by atoms with Crippen LogP contribution in [0.4, 0.5) is 0 Å². The molecule has 0 atom stereocenters. The fourth-order valence-corrected chi connectivity index (χ4v) is 3.73. The largest absolute Gasteiger partial charge is 0.506 e. The topological polar surface area (TPSA) is 65.8 Å². The number of aromatic nitrogens is 1. The van der Waals surface area contributed by atoms with E-state index in [9.17, 15) is 10.4 Å². The molecule has 0 amide bonds. The Morgan fingerprint density at radius 2 is 2.05 bits per heavy atom. The van der Waals surface area contributed by atoms with Crippen LogP contribution in [0.5, 0.6) is 0 Å². The summed E-state index contributed by atoms with van der Waals surface area (Å²) in [5.41, 5.74) is 1.19. The maximum absolute atomic E-state index is 10.4. The normalized spacial score (nSPS) is 23.1. The number of aliphatic hydroxyl groups excluding tert-OH is 1. The van der Waals surface area contributed by atoms with Gasteiger partial charge >= 0.3 is 0 Å². The van der Waals surface area contributed by atoms with Gasteiger partial charge < -0.3 is 14.9 Å². The number of para-hydroxylation sites is 1. The summed E-state index contributed by atoms with van der Waals surface area (Å²) < 4.78 is 1.04. The lowest BCUT2D eigenvalue weighted by Crippen LogP contribution is -3.27. The molecule has 0 spiro atoms. The molecule has 2 aromatic rings. The SMILES string of the molecule is C[NH+]1CC[NH+](CC(O)=C(C#N)c2nc3ccccc3s2)CC1. The van der Waals surface area contributed by atoms with Gasteiger partial charge in [-0.25, -0.2) is 4.98 Å². The Kier molecular flexibility index (Phi) is 4.39. The first-order chi connectivity index (χ1) is 10.7. The molecule has 0 unspecified atom stereocenters. The number of benzene rings is 1. The van der Waals surface area contributed by atoms with Crippen molar-refractivity contribution in [3.63, 3.8) is 0 Å². The van der Waals surface area contributed by atoms with Crippen LogP contribution >= 0.6 is 11.3 Å². The van der Waals surface area contributed by atoms with Crippen LogP contribution in [-0.2, 0) is 0 Å². The molecule has 0 aliphatic carbocycles. The standard InChI is InChI=1S/C16H18N4OS/c1-19-6-8-20(9-7-19)11-14(21)12(10-17)16-18-13-4-2-3-5-15(13)22-16/h2-5,21H,6-9,11H2,1H3/p+2. The summed E-state index contributed by atoms with van der Waals surface area (Å²) >= 11 is 1.46. The molecule has 22 heavy (non-hydrogen) atoms. The molecule has 1 aliphatic heterocycles. The van der Waals surface area contributed by atoms with Crippen molar-refractivity contribution in [1.82, 2.24) is 4.98 Å². The highest BCUT2D eigenvalue weighted by molar-refractivity contribution is 7.19. The molecular weight excluding hydrogens is 296 g/mol. The number of fused-ring (bicyclic) bond motifs is 1. The first-order valence-electron chi connectivity index (χ1n) is 7.50. The number of aliphatic hydroxyl groups is 1. The molecule has 3 N–H and O–H groups in total. The minimum absolute atomic E-state index is 0.163. The van der Waals surface area contributed by atoms with Gasteiger partial charge in [0.25, 0.3) is 0 Å². The Bertz CT molecular complexity index is 705. The van der Waals surface area contributed by atoms with Crippen molar-refractivity contribution in [2.45, 2.75) is 0 Å². The summed E-state index contributed by atoms with van der Waals surface area (Å²) in [6, 6.07) is 9.93. The third-order valence-corrected chi connectivity index (χ3v) is 5.19. The number of quaternary nitrogens is 2. The third-order valence-electron chi connectivity index (χ3n) is 4.14. The Hall–Kier alpha value is -1.94. The van der Waals surface area contributed by atoms with Crippen LogP contribution in [0, 0.1) is 11.3 Å². The summed E-state index contributed by atoms with van der Waals surface area (Å²) in [4.78, 5) is 7.33. The second-order valence-electron chi connectivity index (χ2n) is 5.80. The van der Waals surface area contributed by atoms with Crippen LogP contribution in [0.15, 0.2) is 30.0 Å². The van der Waals surface area contributed by atoms with Crippen LogP contribution in [0.1, 0.15) is 5.01 Å². The Balaban J connectivity index is 1.83. The number of thiazole rings is 1. The Labute approximate surface area is 133 Å². The van der Waals surface area contributed by atoms with Gasteiger partial charge in [0.05, 0.1) is 17.3 Å². The molecule has 1 aromatic carbocycles. The lowest BCUT2D eigenvalue weighted by atomic mass is 10.2. The number of allylic oxidation sites excluding steroid dienone is 1. The van der Waals surface area contributed by atoms with Crippen molar-refractivity contribution in [2.75, 3.05) is 39.8 Å². The molecule has 1 aromatic heterocycles. The summed E-state index contributed by atoms with van der Waals surface area (Å²) in [5.74, 6) is 0.163. The smallest absolute Gasteiger partial charge is 0.168 e. The van der Waals surface area contributed by atoms with Crippen molar-refractivity contribution in [2.24, 2.45) is 0 Å².